The highest BCUT2D eigenvalue weighted by Crippen LogP contribution is 2.54. The van der Waals surface area contributed by atoms with Gasteiger partial charge in [-0.3, -0.25) is 4.90 Å². The number of nitrogens with one attached hydrogen (secondary N) is 1. The van der Waals surface area contributed by atoms with Crippen molar-refractivity contribution < 1.29 is 9.47 Å². The molecule has 1 saturated carbocycles. The van der Waals surface area contributed by atoms with E-state index in [1.54, 1.807) is 14.2 Å². The van der Waals surface area contributed by atoms with Gasteiger partial charge in [0.05, 0.1) is 25.8 Å². The lowest BCUT2D eigenvalue weighted by Gasteiger charge is -2.53. The van der Waals surface area contributed by atoms with Crippen LogP contribution >= 0.6 is 0 Å². The van der Waals surface area contributed by atoms with E-state index in [1.807, 2.05) is 19.0 Å². The standard InChI is InChI=1S/C54H72N6O2/c1-12-46-39(5)57(9)34-49(48(46)25-37(3)56(7)8)45-28-52(61-10)50(53(29-45)62-11)35-58-21-17-41(18-22-58)32-59-23-19-54(20-24-59)30-43(31-54)26-42-14-15-44-33-60(40(6)47(44)27-42)51-16-13-36(2)55-38(51)4/h12,14-15,25,27-29,34,41,43,51,55H,2-6,13,16-24,26,30-33,35H2,1,7-11H3/b46-12-,48-25+. The lowest BCUT2D eigenvalue weighted by molar-refractivity contribution is -0.0185. The Labute approximate surface area is 373 Å². The Morgan fingerprint density at radius 2 is 1.58 bits per heavy atom. The Bertz CT molecular complexity index is 2180. The largest absolute Gasteiger partial charge is 0.496 e. The maximum Gasteiger partial charge on any atom is 0.127 e. The van der Waals surface area contributed by atoms with E-state index < -0.39 is 0 Å². The van der Waals surface area contributed by atoms with Crippen molar-refractivity contribution in [3.63, 3.8) is 0 Å². The lowest BCUT2D eigenvalue weighted by Crippen LogP contribution is -2.49. The smallest absolute Gasteiger partial charge is 0.127 e. The van der Waals surface area contributed by atoms with Crippen LogP contribution in [0.5, 0.6) is 11.5 Å². The molecule has 8 rings (SSSR count). The average Bonchev–Trinajstić information content (AvgIpc) is 3.57. The van der Waals surface area contributed by atoms with Gasteiger partial charge in [0, 0.05) is 92.2 Å². The molecule has 6 aliphatic rings. The Morgan fingerprint density at radius 1 is 0.887 bits per heavy atom. The molecule has 5 heterocycles. The molecule has 1 aliphatic carbocycles. The second-order valence-electron chi connectivity index (χ2n) is 19.5. The van der Waals surface area contributed by atoms with Crippen molar-refractivity contribution in [2.75, 3.05) is 68.1 Å². The van der Waals surface area contributed by atoms with Crippen LogP contribution in [0.1, 0.15) is 86.1 Å². The van der Waals surface area contributed by atoms with E-state index in [9.17, 15) is 0 Å². The molecular weight excluding hydrogens is 765 g/mol. The van der Waals surface area contributed by atoms with E-state index in [1.165, 1.54) is 81.3 Å². The number of ether oxygens (including phenoxy) is 2. The quantitative estimate of drug-likeness (QED) is 0.227. The summed E-state index contributed by atoms with van der Waals surface area (Å²) in [4.78, 5) is 12.0. The van der Waals surface area contributed by atoms with Crippen molar-refractivity contribution in [2.45, 2.75) is 83.8 Å². The van der Waals surface area contributed by atoms with Gasteiger partial charge in [0.1, 0.15) is 11.5 Å². The highest BCUT2D eigenvalue weighted by atomic mass is 16.5. The number of nitrogens with zero attached hydrogens (tertiary/aromatic N) is 5. The Morgan fingerprint density at radius 3 is 2.21 bits per heavy atom. The van der Waals surface area contributed by atoms with E-state index >= 15 is 0 Å². The molecule has 8 nitrogen and oxygen atoms in total. The Balaban J connectivity index is 0.815. The van der Waals surface area contributed by atoms with Crippen LogP contribution in [0.4, 0.5) is 0 Å². The van der Waals surface area contributed by atoms with E-state index in [2.05, 4.69) is 120 Å². The third-order valence-electron chi connectivity index (χ3n) is 15.2. The van der Waals surface area contributed by atoms with Crippen LogP contribution in [0.25, 0.3) is 11.3 Å². The minimum Gasteiger partial charge on any atom is -0.496 e. The number of likely N-dealkylation sites (tertiary alicyclic amines) is 2. The first-order valence-corrected chi connectivity index (χ1v) is 23.1. The zero-order chi connectivity index (χ0) is 43.9. The molecule has 0 aromatic heterocycles. The van der Waals surface area contributed by atoms with Crippen LogP contribution in [0, 0.1) is 17.3 Å². The van der Waals surface area contributed by atoms with Gasteiger partial charge in [-0.05, 0) is 155 Å². The molecule has 330 valence electrons. The van der Waals surface area contributed by atoms with Gasteiger partial charge in [-0.1, -0.05) is 51.1 Å². The predicted molar refractivity (Wildman–Crippen MR) is 257 cm³/mol. The molecule has 5 aliphatic heterocycles. The van der Waals surface area contributed by atoms with Crippen molar-refractivity contribution in [2.24, 2.45) is 17.3 Å². The summed E-state index contributed by atoms with van der Waals surface area (Å²) < 4.78 is 12.2. The molecule has 0 bridgehead atoms. The molecule has 8 heteroatoms. The third kappa shape index (κ3) is 8.83. The van der Waals surface area contributed by atoms with Gasteiger partial charge >= 0.3 is 0 Å². The van der Waals surface area contributed by atoms with Crippen LogP contribution in [0.3, 0.4) is 0 Å². The van der Waals surface area contributed by atoms with Crippen molar-refractivity contribution in [3.05, 3.63) is 143 Å². The summed E-state index contributed by atoms with van der Waals surface area (Å²) in [5.41, 5.74) is 15.4. The first-order valence-electron chi connectivity index (χ1n) is 23.1. The number of allylic oxidation sites excluding steroid dienone is 5. The minimum absolute atomic E-state index is 0.285. The maximum atomic E-state index is 6.11. The SMILES string of the molecule is C=C1CCC(N2Cc3ccc(CC4CC5(CCN(CC6CCN(Cc7c(OC)cc(C8=CN(C)C(=C)C(=C/C)/C8=C\C(=C)N(C)C)cc7OC)CC6)CC5)C4)cc3C2=C)C(=C)N1. The Kier molecular flexibility index (Phi) is 12.7. The monoisotopic (exact) mass is 837 g/mol. The average molecular weight is 837 g/mol. The normalized spacial score (nSPS) is 23.8. The van der Waals surface area contributed by atoms with Crippen LogP contribution in [-0.4, -0.2) is 98.6 Å². The van der Waals surface area contributed by atoms with Crippen LogP contribution < -0.4 is 14.8 Å². The molecule has 1 spiro atoms. The molecule has 2 aromatic carbocycles. The summed E-state index contributed by atoms with van der Waals surface area (Å²) in [5.74, 6) is 3.28. The van der Waals surface area contributed by atoms with E-state index in [-0.39, 0.29) is 6.04 Å². The fourth-order valence-corrected chi connectivity index (χ4v) is 11.4. The number of fused-ring (bicyclic) bond motifs is 1. The van der Waals surface area contributed by atoms with Gasteiger partial charge < -0.3 is 34.4 Å². The molecule has 0 radical (unpaired) electrons. The molecule has 2 aromatic rings. The molecular formula is C54H72N6O2. The molecule has 1 atom stereocenters. The second kappa shape index (κ2) is 18.1. The van der Waals surface area contributed by atoms with Crippen LogP contribution in [0.2, 0.25) is 0 Å². The molecule has 3 saturated heterocycles. The van der Waals surface area contributed by atoms with Gasteiger partial charge in [0.2, 0.25) is 0 Å². The number of hydrogen-bond acceptors (Lipinski definition) is 8. The third-order valence-corrected chi connectivity index (χ3v) is 15.2. The summed E-state index contributed by atoms with van der Waals surface area (Å²) in [6.45, 7) is 31.4. The molecule has 0 amide bonds. The predicted octanol–water partition coefficient (Wildman–Crippen LogP) is 9.96. The lowest BCUT2D eigenvalue weighted by atomic mass is 9.56. The number of likely N-dealkylation sites (N-methyl/N-ethyl adjacent to an activating group) is 2. The summed E-state index contributed by atoms with van der Waals surface area (Å²) >= 11 is 0. The molecule has 4 fully saturated rings. The molecule has 62 heavy (non-hydrogen) atoms. The number of rotatable bonds is 12. The zero-order valence-electron chi connectivity index (χ0n) is 38.8. The van der Waals surface area contributed by atoms with Gasteiger partial charge in [-0.25, -0.2) is 0 Å². The van der Waals surface area contributed by atoms with Crippen molar-refractivity contribution in [3.8, 4) is 11.5 Å². The molecule has 1 unspecified atom stereocenters. The van der Waals surface area contributed by atoms with Crippen LogP contribution in [0.15, 0.2) is 116 Å². The number of piperidine rings is 3. The molecule has 1 N–H and O–H groups in total. The van der Waals surface area contributed by atoms with Gasteiger partial charge in [0.15, 0.2) is 0 Å². The fraction of sp³-hybridized carbons (Fsp3) is 0.481. The van der Waals surface area contributed by atoms with Gasteiger partial charge in [-0.15, -0.1) is 0 Å². The van der Waals surface area contributed by atoms with Crippen molar-refractivity contribution >= 4 is 11.3 Å². The Hall–Kier alpha value is -4.92. The van der Waals surface area contributed by atoms with Crippen LogP contribution in [-0.2, 0) is 19.5 Å². The number of hydrogen-bond donors (Lipinski definition) is 1. The summed E-state index contributed by atoms with van der Waals surface area (Å²) in [6, 6.07) is 11.8. The summed E-state index contributed by atoms with van der Waals surface area (Å²) in [5, 5.41) is 3.40. The van der Waals surface area contributed by atoms with Crippen molar-refractivity contribution in [1.82, 2.24) is 29.8 Å². The van der Waals surface area contributed by atoms with Crippen molar-refractivity contribution in [1.29, 1.82) is 0 Å². The summed E-state index contributed by atoms with van der Waals surface area (Å²) in [7, 11) is 9.64. The number of benzene rings is 2. The first-order chi connectivity index (χ1) is 29.8. The van der Waals surface area contributed by atoms with E-state index in [4.69, 9.17) is 9.47 Å². The maximum absolute atomic E-state index is 6.11. The zero-order valence-corrected chi connectivity index (χ0v) is 38.8. The second-order valence-corrected chi connectivity index (χ2v) is 19.5. The van der Waals surface area contributed by atoms with E-state index in [0.29, 0.717) is 5.41 Å². The highest BCUT2D eigenvalue weighted by Gasteiger charge is 2.46. The number of methoxy groups -OCH3 is 2. The van der Waals surface area contributed by atoms with Gasteiger partial charge in [0.25, 0.3) is 0 Å². The fourth-order valence-electron chi connectivity index (χ4n) is 11.4. The van der Waals surface area contributed by atoms with Gasteiger partial charge in [-0.2, -0.15) is 0 Å². The topological polar surface area (TPSA) is 46.7 Å². The van der Waals surface area contributed by atoms with E-state index in [0.717, 1.165) is 119 Å². The first kappa shape index (κ1) is 43.7. The minimum atomic E-state index is 0.285. The summed E-state index contributed by atoms with van der Waals surface area (Å²) in [6.07, 6.45) is 17.6. The highest BCUT2D eigenvalue weighted by molar-refractivity contribution is 5.89.